The first-order chi connectivity index (χ1) is 9.74. The van der Waals surface area contributed by atoms with Gasteiger partial charge in [-0.15, -0.1) is 0 Å². The summed E-state index contributed by atoms with van der Waals surface area (Å²) in [6, 6.07) is 17.3. The Morgan fingerprint density at radius 1 is 0.850 bits per heavy atom. The third-order valence-electron chi connectivity index (χ3n) is 2.68. The fourth-order valence-electron chi connectivity index (χ4n) is 1.57. The molecule has 0 heterocycles. The molecule has 0 spiro atoms. The molecule has 0 saturated heterocycles. The molecule has 2 aromatic carbocycles. The van der Waals surface area contributed by atoms with E-state index in [1.807, 2.05) is 68.7 Å². The van der Waals surface area contributed by atoms with Gasteiger partial charge in [0.05, 0.1) is 11.4 Å². The average Bonchev–Trinajstić information content (AvgIpc) is 2.47. The van der Waals surface area contributed by atoms with Gasteiger partial charge in [0.2, 0.25) is 0 Å². The molecule has 0 aromatic heterocycles. The van der Waals surface area contributed by atoms with Crippen molar-refractivity contribution >= 4 is 11.4 Å². The maximum atomic E-state index is 5.62. The molecule has 0 amide bonds. The molecule has 0 aliphatic rings. The van der Waals surface area contributed by atoms with Crippen LogP contribution in [0.3, 0.4) is 0 Å². The normalized spacial score (nSPS) is 11.2. The molecule has 0 saturated carbocycles. The molecule has 0 aliphatic heterocycles. The van der Waals surface area contributed by atoms with Crippen LogP contribution < -0.4 is 4.74 Å². The van der Waals surface area contributed by atoms with E-state index in [2.05, 4.69) is 15.1 Å². The molecule has 2 aromatic rings. The Balaban J connectivity index is 1.90. The van der Waals surface area contributed by atoms with Crippen molar-refractivity contribution in [2.45, 2.75) is 0 Å². The van der Waals surface area contributed by atoms with Gasteiger partial charge in [-0.3, -0.25) is 0 Å². The quantitative estimate of drug-likeness (QED) is 0.742. The number of benzene rings is 2. The molecule has 4 nitrogen and oxygen atoms in total. The van der Waals surface area contributed by atoms with Gasteiger partial charge in [0, 0.05) is 6.54 Å². The van der Waals surface area contributed by atoms with Crippen LogP contribution in [0, 0.1) is 0 Å². The highest BCUT2D eigenvalue weighted by molar-refractivity contribution is 5.42. The number of nitrogens with zero attached hydrogens (tertiary/aromatic N) is 3. The zero-order valence-corrected chi connectivity index (χ0v) is 11.9. The molecule has 0 bridgehead atoms. The summed E-state index contributed by atoms with van der Waals surface area (Å²) >= 11 is 0. The van der Waals surface area contributed by atoms with Crippen molar-refractivity contribution in [1.29, 1.82) is 0 Å². The maximum absolute atomic E-state index is 5.62. The summed E-state index contributed by atoms with van der Waals surface area (Å²) in [5.41, 5.74) is 1.66. The first kappa shape index (κ1) is 14.2. The standard InChI is InChI=1S/C16H19N3O/c1-19(2)12-13-20-16-10-8-15(9-11-16)18-17-14-6-4-3-5-7-14/h3-11H,12-13H2,1-2H3. The lowest BCUT2D eigenvalue weighted by Gasteiger charge is -2.10. The molecule has 0 radical (unpaired) electrons. The Hall–Kier alpha value is -2.20. The van der Waals surface area contributed by atoms with Gasteiger partial charge in [0.1, 0.15) is 12.4 Å². The lowest BCUT2D eigenvalue weighted by Crippen LogP contribution is -2.19. The van der Waals surface area contributed by atoms with E-state index in [1.54, 1.807) is 0 Å². The molecule has 0 fully saturated rings. The van der Waals surface area contributed by atoms with Crippen LogP contribution in [0.15, 0.2) is 64.8 Å². The lowest BCUT2D eigenvalue weighted by molar-refractivity contribution is 0.261. The predicted octanol–water partition coefficient (Wildman–Crippen LogP) is 4.04. The largest absolute Gasteiger partial charge is 0.492 e. The summed E-state index contributed by atoms with van der Waals surface area (Å²) in [5, 5.41) is 8.36. The van der Waals surface area contributed by atoms with Gasteiger partial charge in [-0.25, -0.2) is 0 Å². The van der Waals surface area contributed by atoms with Gasteiger partial charge in [-0.1, -0.05) is 18.2 Å². The molecule has 0 unspecified atom stereocenters. The van der Waals surface area contributed by atoms with Crippen LogP contribution in [-0.2, 0) is 0 Å². The minimum absolute atomic E-state index is 0.678. The van der Waals surface area contributed by atoms with E-state index in [4.69, 9.17) is 4.74 Å². The summed E-state index contributed by atoms with van der Waals surface area (Å²) < 4.78 is 5.62. The van der Waals surface area contributed by atoms with Crippen molar-refractivity contribution < 1.29 is 4.74 Å². The van der Waals surface area contributed by atoms with E-state index in [0.29, 0.717) is 6.61 Å². The fraction of sp³-hybridized carbons (Fsp3) is 0.250. The zero-order chi connectivity index (χ0) is 14.2. The third kappa shape index (κ3) is 4.82. The van der Waals surface area contributed by atoms with Gasteiger partial charge in [0.25, 0.3) is 0 Å². The van der Waals surface area contributed by atoms with Gasteiger partial charge in [-0.05, 0) is 50.5 Å². The SMILES string of the molecule is CN(C)CCOc1ccc(N=Nc2ccccc2)cc1. The zero-order valence-electron chi connectivity index (χ0n) is 11.9. The van der Waals surface area contributed by atoms with Crippen molar-refractivity contribution in [3.63, 3.8) is 0 Å². The Kier molecular flexibility index (Phi) is 5.26. The number of rotatable bonds is 6. The van der Waals surface area contributed by atoms with Crippen LogP contribution in [-0.4, -0.2) is 32.1 Å². The molecule has 0 N–H and O–H groups in total. The van der Waals surface area contributed by atoms with Crippen molar-refractivity contribution in [3.05, 3.63) is 54.6 Å². The monoisotopic (exact) mass is 269 g/mol. The van der Waals surface area contributed by atoms with Gasteiger partial charge < -0.3 is 9.64 Å². The van der Waals surface area contributed by atoms with Gasteiger partial charge >= 0.3 is 0 Å². The summed E-state index contributed by atoms with van der Waals surface area (Å²) in [5.74, 6) is 0.852. The molecule has 0 atom stereocenters. The fourth-order valence-corrected chi connectivity index (χ4v) is 1.57. The minimum Gasteiger partial charge on any atom is -0.492 e. The van der Waals surface area contributed by atoms with Gasteiger partial charge in [-0.2, -0.15) is 10.2 Å². The summed E-state index contributed by atoms with van der Waals surface area (Å²) in [7, 11) is 4.05. The minimum atomic E-state index is 0.678. The summed E-state index contributed by atoms with van der Waals surface area (Å²) in [6.45, 7) is 1.58. The van der Waals surface area contributed by atoms with E-state index >= 15 is 0 Å². The molecule has 104 valence electrons. The first-order valence-corrected chi connectivity index (χ1v) is 6.58. The smallest absolute Gasteiger partial charge is 0.119 e. The number of ether oxygens (including phenoxy) is 1. The summed E-state index contributed by atoms with van der Waals surface area (Å²) in [6.07, 6.45) is 0. The van der Waals surface area contributed by atoms with E-state index in [0.717, 1.165) is 23.7 Å². The molecule has 20 heavy (non-hydrogen) atoms. The number of hydrogen-bond acceptors (Lipinski definition) is 4. The topological polar surface area (TPSA) is 37.2 Å². The highest BCUT2D eigenvalue weighted by atomic mass is 16.5. The van der Waals surface area contributed by atoms with Crippen LogP contribution in [0.1, 0.15) is 0 Å². The van der Waals surface area contributed by atoms with Crippen molar-refractivity contribution in [1.82, 2.24) is 4.90 Å². The highest BCUT2D eigenvalue weighted by Gasteiger charge is 1.96. The molecule has 0 aliphatic carbocycles. The van der Waals surface area contributed by atoms with E-state index in [9.17, 15) is 0 Å². The van der Waals surface area contributed by atoms with E-state index in [1.165, 1.54) is 0 Å². The van der Waals surface area contributed by atoms with Gasteiger partial charge in [0.15, 0.2) is 0 Å². The second kappa shape index (κ2) is 7.40. The molecular formula is C16H19N3O. The Labute approximate surface area is 119 Å². The molecule has 4 heteroatoms. The number of hydrogen-bond donors (Lipinski definition) is 0. The highest BCUT2D eigenvalue weighted by Crippen LogP contribution is 2.20. The Morgan fingerprint density at radius 2 is 1.45 bits per heavy atom. The Morgan fingerprint density at radius 3 is 2.05 bits per heavy atom. The first-order valence-electron chi connectivity index (χ1n) is 6.58. The van der Waals surface area contributed by atoms with E-state index in [-0.39, 0.29) is 0 Å². The molecular weight excluding hydrogens is 250 g/mol. The van der Waals surface area contributed by atoms with Crippen molar-refractivity contribution in [3.8, 4) is 5.75 Å². The van der Waals surface area contributed by atoms with Crippen LogP contribution in [0.4, 0.5) is 11.4 Å². The van der Waals surface area contributed by atoms with Crippen molar-refractivity contribution in [2.75, 3.05) is 27.2 Å². The number of likely N-dealkylation sites (N-methyl/N-ethyl adjacent to an activating group) is 1. The second-order valence-corrected chi connectivity index (χ2v) is 4.68. The van der Waals surface area contributed by atoms with E-state index < -0.39 is 0 Å². The third-order valence-corrected chi connectivity index (χ3v) is 2.68. The average molecular weight is 269 g/mol. The number of azo groups is 1. The lowest BCUT2D eigenvalue weighted by atomic mass is 10.3. The second-order valence-electron chi connectivity index (χ2n) is 4.68. The van der Waals surface area contributed by atoms with Crippen LogP contribution in [0.2, 0.25) is 0 Å². The molecule has 2 rings (SSSR count). The van der Waals surface area contributed by atoms with Crippen LogP contribution >= 0.6 is 0 Å². The predicted molar refractivity (Wildman–Crippen MR) is 81.1 cm³/mol. The Bertz CT molecular complexity index is 535. The maximum Gasteiger partial charge on any atom is 0.119 e. The van der Waals surface area contributed by atoms with Crippen LogP contribution in [0.5, 0.6) is 5.75 Å². The van der Waals surface area contributed by atoms with Crippen molar-refractivity contribution in [2.24, 2.45) is 10.2 Å². The summed E-state index contributed by atoms with van der Waals surface area (Å²) in [4.78, 5) is 2.09. The van der Waals surface area contributed by atoms with Crippen LogP contribution in [0.25, 0.3) is 0 Å².